The molecule has 3 nitrogen and oxygen atoms in total. The molecule has 1 aromatic rings. The topological polar surface area (TPSA) is 41.1 Å². The number of aryl methyl sites for hydroxylation is 1. The molecule has 94 valence electrons. The Labute approximate surface area is 107 Å². The number of hydrogen-bond donors (Lipinski definition) is 2. The van der Waals surface area contributed by atoms with Crippen molar-refractivity contribution in [1.29, 1.82) is 0 Å². The van der Waals surface area contributed by atoms with Crippen molar-refractivity contribution >= 4 is 17.8 Å². The maximum atomic E-state index is 11.2. The molecule has 0 radical (unpaired) electrons. The second kappa shape index (κ2) is 8.01. The van der Waals surface area contributed by atoms with Gasteiger partial charge in [-0.25, -0.2) is 4.79 Å². The molecular weight excluding hydrogens is 232 g/mol. The molecule has 0 aliphatic carbocycles. The lowest BCUT2D eigenvalue weighted by atomic mass is 10.2. The predicted octanol–water partition coefficient (Wildman–Crippen LogP) is 2.80. The Balaban J connectivity index is 2.11. The maximum absolute atomic E-state index is 11.2. The number of thioether (sulfide) groups is 1. The lowest BCUT2D eigenvalue weighted by molar-refractivity contribution is 0.241. The summed E-state index contributed by atoms with van der Waals surface area (Å²) >= 11 is 1.75. The Morgan fingerprint density at radius 3 is 2.47 bits per heavy atom. The molecule has 17 heavy (non-hydrogen) atoms. The van der Waals surface area contributed by atoms with Crippen molar-refractivity contribution in [2.75, 3.05) is 18.8 Å². The number of urea groups is 1. The van der Waals surface area contributed by atoms with Gasteiger partial charge in [0, 0.05) is 23.7 Å². The summed E-state index contributed by atoms with van der Waals surface area (Å²) in [5.41, 5.74) is 1.27. The maximum Gasteiger partial charge on any atom is 0.314 e. The van der Waals surface area contributed by atoms with E-state index in [1.165, 1.54) is 10.5 Å². The Kier molecular flexibility index (Phi) is 6.55. The van der Waals surface area contributed by atoms with Crippen molar-refractivity contribution in [1.82, 2.24) is 10.6 Å². The van der Waals surface area contributed by atoms with E-state index in [0.717, 1.165) is 18.7 Å². The zero-order valence-electron chi connectivity index (χ0n) is 10.5. The molecule has 0 saturated heterocycles. The van der Waals surface area contributed by atoms with Crippen molar-refractivity contribution in [3.63, 3.8) is 0 Å². The fraction of sp³-hybridized carbons (Fsp3) is 0.462. The van der Waals surface area contributed by atoms with Crippen LogP contribution in [0.25, 0.3) is 0 Å². The molecule has 1 aromatic carbocycles. The second-order valence-electron chi connectivity index (χ2n) is 3.84. The van der Waals surface area contributed by atoms with Gasteiger partial charge in [0.25, 0.3) is 0 Å². The van der Waals surface area contributed by atoms with Crippen LogP contribution in [0.3, 0.4) is 0 Å². The first-order chi connectivity index (χ1) is 8.22. The molecule has 0 spiro atoms. The fourth-order valence-electron chi connectivity index (χ4n) is 1.27. The van der Waals surface area contributed by atoms with Crippen LogP contribution in [-0.2, 0) is 0 Å². The van der Waals surface area contributed by atoms with Gasteiger partial charge in [-0.15, -0.1) is 11.8 Å². The summed E-state index contributed by atoms with van der Waals surface area (Å²) in [4.78, 5) is 12.5. The standard InChI is InChI=1S/C13H20N2OS/c1-3-8-14-13(16)15-9-10-17-12-6-4-11(2)5-7-12/h4-7H,3,8-10H2,1-2H3,(H2,14,15,16). The first-order valence-corrected chi connectivity index (χ1v) is 6.92. The Morgan fingerprint density at radius 2 is 1.82 bits per heavy atom. The molecule has 0 fully saturated rings. The molecule has 0 aromatic heterocycles. The highest BCUT2D eigenvalue weighted by atomic mass is 32.2. The van der Waals surface area contributed by atoms with Gasteiger partial charge < -0.3 is 10.6 Å². The first-order valence-electron chi connectivity index (χ1n) is 5.93. The van der Waals surface area contributed by atoms with Crippen molar-refractivity contribution in [2.24, 2.45) is 0 Å². The van der Waals surface area contributed by atoms with E-state index >= 15 is 0 Å². The summed E-state index contributed by atoms with van der Waals surface area (Å²) in [6.45, 7) is 5.53. The number of nitrogens with one attached hydrogen (secondary N) is 2. The summed E-state index contributed by atoms with van der Waals surface area (Å²) in [7, 11) is 0. The minimum Gasteiger partial charge on any atom is -0.338 e. The third-order valence-corrected chi connectivity index (χ3v) is 3.23. The number of hydrogen-bond acceptors (Lipinski definition) is 2. The van der Waals surface area contributed by atoms with Crippen molar-refractivity contribution in [3.8, 4) is 0 Å². The van der Waals surface area contributed by atoms with Gasteiger partial charge in [-0.1, -0.05) is 24.6 Å². The normalized spacial score (nSPS) is 10.0. The van der Waals surface area contributed by atoms with Crippen LogP contribution in [0.4, 0.5) is 4.79 Å². The van der Waals surface area contributed by atoms with Crippen molar-refractivity contribution in [2.45, 2.75) is 25.2 Å². The minimum atomic E-state index is -0.0728. The van der Waals surface area contributed by atoms with E-state index in [1.54, 1.807) is 11.8 Å². The largest absolute Gasteiger partial charge is 0.338 e. The Morgan fingerprint density at radius 1 is 1.18 bits per heavy atom. The van der Waals surface area contributed by atoms with Crippen LogP contribution in [0.2, 0.25) is 0 Å². The van der Waals surface area contributed by atoms with Crippen LogP contribution in [0.15, 0.2) is 29.2 Å². The summed E-state index contributed by atoms with van der Waals surface area (Å²) in [6.07, 6.45) is 0.964. The SMILES string of the molecule is CCCNC(=O)NCCSc1ccc(C)cc1. The molecule has 2 amide bonds. The third-order valence-electron chi connectivity index (χ3n) is 2.21. The number of amides is 2. The molecule has 2 N–H and O–H groups in total. The van der Waals surface area contributed by atoms with Crippen molar-refractivity contribution in [3.05, 3.63) is 29.8 Å². The van der Waals surface area contributed by atoms with Gasteiger partial charge in [-0.3, -0.25) is 0 Å². The van der Waals surface area contributed by atoms with Gasteiger partial charge >= 0.3 is 6.03 Å². The molecule has 0 aliphatic heterocycles. The van der Waals surface area contributed by atoms with Gasteiger partial charge in [-0.05, 0) is 25.5 Å². The quantitative estimate of drug-likeness (QED) is 0.604. The van der Waals surface area contributed by atoms with Crippen LogP contribution in [0.1, 0.15) is 18.9 Å². The van der Waals surface area contributed by atoms with E-state index in [-0.39, 0.29) is 6.03 Å². The van der Waals surface area contributed by atoms with Gasteiger partial charge in [0.05, 0.1) is 0 Å². The van der Waals surface area contributed by atoms with Gasteiger partial charge in [0.2, 0.25) is 0 Å². The average Bonchev–Trinajstić information content (AvgIpc) is 2.34. The minimum absolute atomic E-state index is 0.0728. The molecule has 0 saturated carbocycles. The van der Waals surface area contributed by atoms with Crippen LogP contribution >= 0.6 is 11.8 Å². The van der Waals surface area contributed by atoms with E-state index in [0.29, 0.717) is 6.54 Å². The zero-order chi connectivity index (χ0) is 12.5. The third kappa shape index (κ3) is 6.22. The lowest BCUT2D eigenvalue weighted by Gasteiger charge is -2.06. The lowest BCUT2D eigenvalue weighted by Crippen LogP contribution is -2.36. The Bertz CT molecular complexity index is 338. The summed E-state index contributed by atoms with van der Waals surface area (Å²) in [5.74, 6) is 0.891. The van der Waals surface area contributed by atoms with Gasteiger partial charge in [0.15, 0.2) is 0 Å². The van der Waals surface area contributed by atoms with Gasteiger partial charge in [-0.2, -0.15) is 0 Å². The smallest absolute Gasteiger partial charge is 0.314 e. The molecule has 0 aliphatic rings. The van der Waals surface area contributed by atoms with E-state index in [1.807, 2.05) is 6.92 Å². The molecule has 0 atom stereocenters. The van der Waals surface area contributed by atoms with E-state index < -0.39 is 0 Å². The molecule has 0 heterocycles. The highest BCUT2D eigenvalue weighted by Crippen LogP contribution is 2.17. The van der Waals surface area contributed by atoms with E-state index in [9.17, 15) is 4.79 Å². The van der Waals surface area contributed by atoms with Crippen molar-refractivity contribution < 1.29 is 4.79 Å². The average molecular weight is 252 g/mol. The van der Waals surface area contributed by atoms with Gasteiger partial charge in [0.1, 0.15) is 0 Å². The number of rotatable bonds is 6. The molecule has 1 rings (SSSR count). The molecule has 0 bridgehead atoms. The zero-order valence-corrected chi connectivity index (χ0v) is 11.3. The van der Waals surface area contributed by atoms with E-state index in [4.69, 9.17) is 0 Å². The van der Waals surface area contributed by atoms with Crippen LogP contribution in [0, 0.1) is 6.92 Å². The van der Waals surface area contributed by atoms with Crippen LogP contribution in [-0.4, -0.2) is 24.9 Å². The fourth-order valence-corrected chi connectivity index (χ4v) is 2.04. The summed E-state index contributed by atoms with van der Waals surface area (Å²) in [5, 5.41) is 5.61. The highest BCUT2D eigenvalue weighted by Gasteiger charge is 1.98. The number of carbonyl (C=O) groups is 1. The molecule has 0 unspecified atom stereocenters. The molecular formula is C13H20N2OS. The predicted molar refractivity (Wildman–Crippen MR) is 73.6 cm³/mol. The summed E-state index contributed by atoms with van der Waals surface area (Å²) in [6, 6.07) is 8.35. The Hall–Kier alpha value is -1.16. The highest BCUT2D eigenvalue weighted by molar-refractivity contribution is 7.99. The second-order valence-corrected chi connectivity index (χ2v) is 5.01. The van der Waals surface area contributed by atoms with E-state index in [2.05, 4.69) is 41.8 Å². The number of carbonyl (C=O) groups excluding carboxylic acids is 1. The summed E-state index contributed by atoms with van der Waals surface area (Å²) < 4.78 is 0. The van der Waals surface area contributed by atoms with Crippen LogP contribution < -0.4 is 10.6 Å². The first kappa shape index (κ1) is 13.9. The molecule has 4 heteroatoms. The van der Waals surface area contributed by atoms with Crippen LogP contribution in [0.5, 0.6) is 0 Å². The number of benzene rings is 1. The monoisotopic (exact) mass is 252 g/mol.